The number of hydrogen-bond acceptors (Lipinski definition) is 1. The van der Waals surface area contributed by atoms with Crippen LogP contribution in [-0.2, 0) is 0 Å². The standard InChI is InChI=1S/C10H20O/c1-8(2)6-5-7-10(11)9(3)4/h5,7-11H,6H2,1-4H3. The Balaban J connectivity index is 3.56. The van der Waals surface area contributed by atoms with Gasteiger partial charge in [0.1, 0.15) is 0 Å². The zero-order valence-electron chi connectivity index (χ0n) is 8.04. The number of rotatable bonds is 4. The van der Waals surface area contributed by atoms with Crippen LogP contribution in [0.15, 0.2) is 12.2 Å². The Morgan fingerprint density at radius 3 is 2.09 bits per heavy atom. The van der Waals surface area contributed by atoms with Crippen LogP contribution in [0, 0.1) is 11.8 Å². The fraction of sp³-hybridized carbons (Fsp3) is 0.800. The molecule has 0 saturated carbocycles. The van der Waals surface area contributed by atoms with Crippen molar-refractivity contribution in [2.45, 2.75) is 40.2 Å². The molecule has 0 aromatic heterocycles. The zero-order chi connectivity index (χ0) is 8.85. The molecule has 0 spiro atoms. The van der Waals surface area contributed by atoms with Gasteiger partial charge in [-0.25, -0.2) is 0 Å². The third-order valence-corrected chi connectivity index (χ3v) is 1.62. The van der Waals surface area contributed by atoms with Gasteiger partial charge >= 0.3 is 0 Å². The molecule has 1 N–H and O–H groups in total. The third-order valence-electron chi connectivity index (χ3n) is 1.62. The molecule has 0 aliphatic rings. The van der Waals surface area contributed by atoms with E-state index in [9.17, 15) is 5.11 Å². The lowest BCUT2D eigenvalue weighted by molar-refractivity contribution is 0.172. The highest BCUT2D eigenvalue weighted by Gasteiger charge is 2.02. The average Bonchev–Trinajstić information content (AvgIpc) is 1.86. The van der Waals surface area contributed by atoms with E-state index >= 15 is 0 Å². The first-order chi connectivity index (χ1) is 5.04. The van der Waals surface area contributed by atoms with Crippen molar-refractivity contribution in [3.05, 3.63) is 12.2 Å². The van der Waals surface area contributed by atoms with Gasteiger partial charge in [0, 0.05) is 0 Å². The monoisotopic (exact) mass is 156 g/mol. The molecule has 0 amide bonds. The van der Waals surface area contributed by atoms with Crippen LogP contribution < -0.4 is 0 Å². The summed E-state index contributed by atoms with van der Waals surface area (Å²) in [5, 5.41) is 9.35. The van der Waals surface area contributed by atoms with Crippen molar-refractivity contribution in [2.24, 2.45) is 11.8 Å². The van der Waals surface area contributed by atoms with Crippen molar-refractivity contribution in [1.29, 1.82) is 0 Å². The predicted molar refractivity (Wildman–Crippen MR) is 49.4 cm³/mol. The molecule has 0 aliphatic carbocycles. The zero-order valence-corrected chi connectivity index (χ0v) is 8.04. The Bertz CT molecular complexity index is 114. The topological polar surface area (TPSA) is 20.2 Å². The molecule has 0 radical (unpaired) electrons. The lowest BCUT2D eigenvalue weighted by Gasteiger charge is -2.08. The average molecular weight is 156 g/mol. The van der Waals surface area contributed by atoms with Crippen LogP contribution in [0.25, 0.3) is 0 Å². The molecule has 0 bridgehead atoms. The van der Waals surface area contributed by atoms with Crippen LogP contribution in [0.1, 0.15) is 34.1 Å². The normalized spacial score (nSPS) is 15.2. The highest BCUT2D eigenvalue weighted by Crippen LogP contribution is 2.05. The van der Waals surface area contributed by atoms with Gasteiger partial charge in [-0.3, -0.25) is 0 Å². The SMILES string of the molecule is CC(C)CC=CC(O)C(C)C. The summed E-state index contributed by atoms with van der Waals surface area (Å²) in [6, 6.07) is 0. The minimum atomic E-state index is -0.270. The highest BCUT2D eigenvalue weighted by molar-refractivity contribution is 4.90. The van der Waals surface area contributed by atoms with Crippen LogP contribution in [0.5, 0.6) is 0 Å². The molecular formula is C10H20O. The van der Waals surface area contributed by atoms with Crippen molar-refractivity contribution in [3.63, 3.8) is 0 Å². The maximum absolute atomic E-state index is 9.35. The molecular weight excluding hydrogens is 136 g/mol. The summed E-state index contributed by atoms with van der Waals surface area (Å²) in [6.45, 7) is 8.38. The van der Waals surface area contributed by atoms with Gasteiger partial charge in [-0.1, -0.05) is 39.8 Å². The van der Waals surface area contributed by atoms with Crippen molar-refractivity contribution < 1.29 is 5.11 Å². The van der Waals surface area contributed by atoms with Gasteiger partial charge in [-0.05, 0) is 18.3 Å². The number of aliphatic hydroxyl groups excluding tert-OH is 1. The van der Waals surface area contributed by atoms with Crippen LogP contribution in [-0.4, -0.2) is 11.2 Å². The largest absolute Gasteiger partial charge is 0.389 e. The fourth-order valence-corrected chi connectivity index (χ4v) is 0.712. The van der Waals surface area contributed by atoms with Gasteiger partial charge in [0.2, 0.25) is 0 Å². The molecule has 1 heteroatoms. The van der Waals surface area contributed by atoms with E-state index in [0.29, 0.717) is 11.8 Å². The number of aliphatic hydroxyl groups is 1. The fourth-order valence-electron chi connectivity index (χ4n) is 0.712. The van der Waals surface area contributed by atoms with E-state index in [1.807, 2.05) is 19.9 Å². The second-order valence-electron chi connectivity index (χ2n) is 3.79. The Morgan fingerprint density at radius 2 is 1.73 bits per heavy atom. The summed E-state index contributed by atoms with van der Waals surface area (Å²) < 4.78 is 0. The molecule has 66 valence electrons. The number of hydrogen-bond donors (Lipinski definition) is 1. The van der Waals surface area contributed by atoms with Gasteiger partial charge < -0.3 is 5.11 Å². The predicted octanol–water partition coefficient (Wildman–Crippen LogP) is 2.61. The quantitative estimate of drug-likeness (QED) is 0.620. The Labute approximate surface area is 70.1 Å². The minimum Gasteiger partial charge on any atom is -0.389 e. The van der Waals surface area contributed by atoms with E-state index < -0.39 is 0 Å². The third kappa shape index (κ3) is 6.11. The smallest absolute Gasteiger partial charge is 0.0743 e. The Hall–Kier alpha value is -0.300. The van der Waals surface area contributed by atoms with E-state index in [1.165, 1.54) is 0 Å². The maximum Gasteiger partial charge on any atom is 0.0743 e. The van der Waals surface area contributed by atoms with Gasteiger partial charge in [-0.15, -0.1) is 0 Å². The van der Waals surface area contributed by atoms with E-state index in [0.717, 1.165) is 6.42 Å². The first kappa shape index (κ1) is 10.7. The molecule has 0 fully saturated rings. The Kier molecular flexibility index (Phi) is 5.22. The van der Waals surface area contributed by atoms with E-state index in [1.54, 1.807) is 0 Å². The van der Waals surface area contributed by atoms with Crippen molar-refractivity contribution in [3.8, 4) is 0 Å². The Morgan fingerprint density at radius 1 is 1.18 bits per heavy atom. The van der Waals surface area contributed by atoms with Gasteiger partial charge in [0.25, 0.3) is 0 Å². The molecule has 0 aliphatic heterocycles. The summed E-state index contributed by atoms with van der Waals surface area (Å²) in [6.07, 6.45) is 4.75. The molecule has 11 heavy (non-hydrogen) atoms. The highest BCUT2D eigenvalue weighted by atomic mass is 16.3. The van der Waals surface area contributed by atoms with Crippen molar-refractivity contribution >= 4 is 0 Å². The van der Waals surface area contributed by atoms with Crippen LogP contribution in [0.4, 0.5) is 0 Å². The molecule has 1 atom stereocenters. The first-order valence-corrected chi connectivity index (χ1v) is 4.38. The van der Waals surface area contributed by atoms with Crippen LogP contribution >= 0.6 is 0 Å². The second kappa shape index (κ2) is 5.36. The maximum atomic E-state index is 9.35. The lowest BCUT2D eigenvalue weighted by atomic mass is 10.1. The molecule has 0 aromatic rings. The second-order valence-corrected chi connectivity index (χ2v) is 3.79. The summed E-state index contributed by atoms with van der Waals surface area (Å²) in [5.74, 6) is 1.02. The molecule has 0 saturated heterocycles. The molecule has 0 rings (SSSR count). The first-order valence-electron chi connectivity index (χ1n) is 4.38. The summed E-state index contributed by atoms with van der Waals surface area (Å²) in [4.78, 5) is 0. The molecule has 0 heterocycles. The van der Waals surface area contributed by atoms with Gasteiger partial charge in [0.05, 0.1) is 6.10 Å². The van der Waals surface area contributed by atoms with E-state index in [-0.39, 0.29) is 6.10 Å². The lowest BCUT2D eigenvalue weighted by Crippen LogP contribution is -2.10. The molecule has 1 unspecified atom stereocenters. The van der Waals surface area contributed by atoms with Gasteiger partial charge in [-0.2, -0.15) is 0 Å². The van der Waals surface area contributed by atoms with Gasteiger partial charge in [0.15, 0.2) is 0 Å². The van der Waals surface area contributed by atoms with Crippen LogP contribution in [0.3, 0.4) is 0 Å². The summed E-state index contributed by atoms with van der Waals surface area (Å²) >= 11 is 0. The molecule has 0 aromatic carbocycles. The van der Waals surface area contributed by atoms with Crippen molar-refractivity contribution in [1.82, 2.24) is 0 Å². The minimum absolute atomic E-state index is 0.270. The summed E-state index contributed by atoms with van der Waals surface area (Å²) in [5.41, 5.74) is 0. The van der Waals surface area contributed by atoms with E-state index in [4.69, 9.17) is 0 Å². The summed E-state index contributed by atoms with van der Waals surface area (Å²) in [7, 11) is 0. The number of allylic oxidation sites excluding steroid dienone is 1. The van der Waals surface area contributed by atoms with E-state index in [2.05, 4.69) is 19.9 Å². The van der Waals surface area contributed by atoms with Crippen molar-refractivity contribution in [2.75, 3.05) is 0 Å². The van der Waals surface area contributed by atoms with Crippen LogP contribution in [0.2, 0.25) is 0 Å². The molecule has 1 nitrogen and oxygen atoms in total.